The lowest BCUT2D eigenvalue weighted by atomic mass is 10.1. The maximum absolute atomic E-state index is 12.5. The van der Waals surface area contributed by atoms with Crippen LogP contribution in [-0.2, 0) is 0 Å². The average Bonchev–Trinajstić information content (AvgIpc) is 2.85. The van der Waals surface area contributed by atoms with E-state index in [2.05, 4.69) is 29.4 Å². The van der Waals surface area contributed by atoms with E-state index in [1.165, 1.54) is 5.56 Å². The highest BCUT2D eigenvalue weighted by molar-refractivity contribution is 6.04. The molecule has 22 heavy (non-hydrogen) atoms. The fraction of sp³-hybridized carbons (Fsp3) is 0.222. The number of aromatic nitrogens is 2. The van der Waals surface area contributed by atoms with Crippen LogP contribution in [0.25, 0.3) is 5.65 Å². The van der Waals surface area contributed by atoms with Crippen molar-refractivity contribution in [3.05, 3.63) is 64.6 Å². The molecule has 2 heterocycles. The summed E-state index contributed by atoms with van der Waals surface area (Å²) in [5.74, 6) is -0.184. The summed E-state index contributed by atoms with van der Waals surface area (Å²) in [5.41, 5.74) is 6.50. The Balaban J connectivity index is 1.93. The summed E-state index contributed by atoms with van der Waals surface area (Å²) in [6, 6.07) is 8.08. The Morgan fingerprint density at radius 2 is 1.73 bits per heavy atom. The third-order valence-electron chi connectivity index (χ3n) is 3.76. The number of amides is 1. The fourth-order valence-electron chi connectivity index (χ4n) is 2.75. The Kier molecular flexibility index (Phi) is 3.45. The normalized spacial score (nSPS) is 10.9. The van der Waals surface area contributed by atoms with Crippen molar-refractivity contribution in [1.82, 2.24) is 9.38 Å². The van der Waals surface area contributed by atoms with Crippen LogP contribution < -0.4 is 5.32 Å². The molecule has 0 spiro atoms. The van der Waals surface area contributed by atoms with Crippen LogP contribution in [0, 0.1) is 27.7 Å². The summed E-state index contributed by atoms with van der Waals surface area (Å²) in [6.45, 7) is 8.06. The van der Waals surface area contributed by atoms with Crippen molar-refractivity contribution in [1.29, 1.82) is 0 Å². The third kappa shape index (κ3) is 2.60. The zero-order valence-corrected chi connectivity index (χ0v) is 13.3. The van der Waals surface area contributed by atoms with E-state index in [-0.39, 0.29) is 5.91 Å². The molecule has 0 aliphatic heterocycles. The Bertz CT molecular complexity index is 854. The van der Waals surface area contributed by atoms with Crippen LogP contribution >= 0.6 is 0 Å². The minimum atomic E-state index is -0.184. The first-order valence-electron chi connectivity index (χ1n) is 7.28. The summed E-state index contributed by atoms with van der Waals surface area (Å²) >= 11 is 0. The Labute approximate surface area is 129 Å². The molecule has 0 aliphatic carbocycles. The van der Waals surface area contributed by atoms with Gasteiger partial charge in [0.2, 0.25) is 0 Å². The Hall–Kier alpha value is -2.62. The first-order chi connectivity index (χ1) is 10.4. The van der Waals surface area contributed by atoms with E-state index < -0.39 is 0 Å². The number of carbonyl (C=O) groups is 1. The molecule has 4 nitrogen and oxygen atoms in total. The van der Waals surface area contributed by atoms with Gasteiger partial charge in [-0.05, 0) is 56.5 Å². The average molecular weight is 293 g/mol. The van der Waals surface area contributed by atoms with Crippen molar-refractivity contribution in [2.75, 3.05) is 5.32 Å². The number of nitrogens with one attached hydrogen (secondary N) is 1. The van der Waals surface area contributed by atoms with Gasteiger partial charge in [-0.3, -0.25) is 4.79 Å². The molecule has 2 aromatic heterocycles. The van der Waals surface area contributed by atoms with Crippen molar-refractivity contribution < 1.29 is 4.79 Å². The molecule has 3 rings (SSSR count). The van der Waals surface area contributed by atoms with Crippen molar-refractivity contribution >= 4 is 17.2 Å². The van der Waals surface area contributed by atoms with Gasteiger partial charge in [0.1, 0.15) is 11.3 Å². The van der Waals surface area contributed by atoms with E-state index in [0.717, 1.165) is 28.0 Å². The molecule has 4 heteroatoms. The summed E-state index contributed by atoms with van der Waals surface area (Å²) < 4.78 is 1.86. The lowest BCUT2D eigenvalue weighted by molar-refractivity contribution is 0.102. The number of hydrogen-bond acceptors (Lipinski definition) is 2. The van der Waals surface area contributed by atoms with Gasteiger partial charge in [-0.25, -0.2) is 4.98 Å². The van der Waals surface area contributed by atoms with Gasteiger partial charge in [0.05, 0.1) is 0 Å². The number of nitrogens with zero attached hydrogens (tertiary/aromatic N) is 2. The van der Waals surface area contributed by atoms with Gasteiger partial charge in [0.15, 0.2) is 0 Å². The van der Waals surface area contributed by atoms with E-state index >= 15 is 0 Å². The summed E-state index contributed by atoms with van der Waals surface area (Å²) in [4.78, 5) is 16.9. The summed E-state index contributed by atoms with van der Waals surface area (Å²) in [7, 11) is 0. The zero-order valence-electron chi connectivity index (χ0n) is 13.3. The Morgan fingerprint density at radius 3 is 2.41 bits per heavy atom. The maximum Gasteiger partial charge on any atom is 0.275 e. The van der Waals surface area contributed by atoms with Crippen molar-refractivity contribution in [2.45, 2.75) is 27.7 Å². The molecule has 1 aromatic carbocycles. The molecule has 0 bridgehead atoms. The Morgan fingerprint density at radius 1 is 1.05 bits per heavy atom. The van der Waals surface area contributed by atoms with Crippen LogP contribution in [0.4, 0.5) is 5.69 Å². The van der Waals surface area contributed by atoms with Gasteiger partial charge in [-0.15, -0.1) is 0 Å². The highest BCUT2D eigenvalue weighted by atomic mass is 16.1. The van der Waals surface area contributed by atoms with Crippen LogP contribution in [0.1, 0.15) is 32.7 Å². The number of pyridine rings is 1. The SMILES string of the molecule is Cc1cc(C)c(NC(=O)c2cn3ccc(C)cc3n2)c(C)c1. The second-order valence-corrected chi connectivity index (χ2v) is 5.82. The lowest BCUT2D eigenvalue weighted by Crippen LogP contribution is -2.14. The number of imidazole rings is 1. The topological polar surface area (TPSA) is 46.4 Å². The van der Waals surface area contributed by atoms with E-state index in [4.69, 9.17) is 0 Å². The van der Waals surface area contributed by atoms with Crippen molar-refractivity contribution in [3.8, 4) is 0 Å². The predicted octanol–water partition coefficient (Wildman–Crippen LogP) is 3.82. The van der Waals surface area contributed by atoms with Crippen LogP contribution in [0.3, 0.4) is 0 Å². The van der Waals surface area contributed by atoms with Gasteiger partial charge >= 0.3 is 0 Å². The predicted molar refractivity (Wildman–Crippen MR) is 88.5 cm³/mol. The second kappa shape index (κ2) is 5.30. The highest BCUT2D eigenvalue weighted by Gasteiger charge is 2.13. The van der Waals surface area contributed by atoms with Crippen molar-refractivity contribution in [2.24, 2.45) is 0 Å². The standard InChI is InChI=1S/C18H19N3O/c1-11-5-6-21-10-15(19-16(21)9-11)18(22)20-17-13(3)7-12(2)8-14(17)4/h5-10H,1-4H3,(H,20,22). The van der Waals surface area contributed by atoms with Gasteiger partial charge in [-0.1, -0.05) is 17.7 Å². The largest absolute Gasteiger partial charge is 0.320 e. The number of carbonyl (C=O) groups excluding carboxylic acids is 1. The summed E-state index contributed by atoms with van der Waals surface area (Å²) in [5, 5.41) is 2.98. The van der Waals surface area contributed by atoms with E-state index in [1.54, 1.807) is 6.20 Å². The van der Waals surface area contributed by atoms with Gasteiger partial charge in [-0.2, -0.15) is 0 Å². The molecule has 0 fully saturated rings. The molecule has 0 atom stereocenters. The van der Waals surface area contributed by atoms with Crippen molar-refractivity contribution in [3.63, 3.8) is 0 Å². The zero-order chi connectivity index (χ0) is 15.9. The van der Waals surface area contributed by atoms with Crippen LogP contribution in [0.2, 0.25) is 0 Å². The van der Waals surface area contributed by atoms with E-state index in [9.17, 15) is 4.79 Å². The minimum Gasteiger partial charge on any atom is -0.320 e. The smallest absolute Gasteiger partial charge is 0.275 e. The first kappa shape index (κ1) is 14.3. The molecule has 0 radical (unpaired) electrons. The quantitative estimate of drug-likeness (QED) is 0.780. The molecular formula is C18H19N3O. The molecular weight excluding hydrogens is 274 g/mol. The molecule has 0 aliphatic rings. The third-order valence-corrected chi connectivity index (χ3v) is 3.76. The monoisotopic (exact) mass is 293 g/mol. The van der Waals surface area contributed by atoms with Crippen LogP contribution in [0.5, 0.6) is 0 Å². The molecule has 0 saturated heterocycles. The molecule has 1 N–H and O–H groups in total. The van der Waals surface area contributed by atoms with Gasteiger partial charge in [0.25, 0.3) is 5.91 Å². The highest BCUT2D eigenvalue weighted by Crippen LogP contribution is 2.22. The maximum atomic E-state index is 12.5. The molecule has 0 unspecified atom stereocenters. The fourth-order valence-corrected chi connectivity index (χ4v) is 2.75. The minimum absolute atomic E-state index is 0.184. The number of fused-ring (bicyclic) bond motifs is 1. The van der Waals surface area contributed by atoms with Crippen LogP contribution in [0.15, 0.2) is 36.7 Å². The number of aryl methyl sites for hydroxylation is 4. The number of anilines is 1. The van der Waals surface area contributed by atoms with Gasteiger partial charge < -0.3 is 9.72 Å². The lowest BCUT2D eigenvalue weighted by Gasteiger charge is -2.11. The summed E-state index contributed by atoms with van der Waals surface area (Å²) in [6.07, 6.45) is 3.67. The molecule has 3 aromatic rings. The van der Waals surface area contributed by atoms with Gasteiger partial charge in [0, 0.05) is 18.1 Å². The number of rotatable bonds is 2. The van der Waals surface area contributed by atoms with E-state index in [0.29, 0.717) is 5.69 Å². The van der Waals surface area contributed by atoms with Crippen LogP contribution in [-0.4, -0.2) is 15.3 Å². The first-order valence-corrected chi connectivity index (χ1v) is 7.28. The van der Waals surface area contributed by atoms with E-state index in [1.807, 2.05) is 43.5 Å². The molecule has 112 valence electrons. The second-order valence-electron chi connectivity index (χ2n) is 5.82. The number of hydrogen-bond donors (Lipinski definition) is 1. The molecule has 1 amide bonds. The molecule has 0 saturated carbocycles. The number of benzene rings is 1.